The van der Waals surface area contributed by atoms with Gasteiger partial charge in [0.15, 0.2) is 12.4 Å². The minimum absolute atomic E-state index is 0.136. The SMILES string of the molecule is CC/C=C\C/C=C\C/C=C\C/C=C\C/C=C\CCCC(=O)OC(COC(=O)CCCCCCCCCCCCCCCCCCCCCCCCCCC)COC(OCC[N+](C)(C)C)C(=O)[O-]. The van der Waals surface area contributed by atoms with Crippen LogP contribution in [-0.4, -0.2) is 82.3 Å². The average Bonchev–Trinajstić information content (AvgIpc) is 3.29. The van der Waals surface area contributed by atoms with Gasteiger partial charge in [-0.3, -0.25) is 9.59 Å². The van der Waals surface area contributed by atoms with E-state index in [-0.39, 0.29) is 38.6 Å². The van der Waals surface area contributed by atoms with E-state index in [2.05, 4.69) is 74.6 Å². The molecule has 0 radical (unpaired) electrons. The standard InChI is InChI=1S/C58H103NO8/c1-6-8-10-12-14-16-18-20-22-24-25-26-27-28-29-30-31-33-34-36-38-40-42-44-46-48-55(60)65-52-54(53-66-58(57(62)63)64-51-50-59(3,4)5)67-56(61)49-47-45-43-41-39-37-35-32-23-21-19-17-15-13-11-9-7-2/h9,11,15,17,21,23,35,37,41,43,54,58H,6-8,10,12-14,16,18-20,22,24-34,36,38-40,42,44-53H2,1-5H3/b11-9-,17-15-,23-21-,37-35-,43-41-. The van der Waals surface area contributed by atoms with Crippen LogP contribution in [0.2, 0.25) is 0 Å². The second-order valence-corrected chi connectivity index (χ2v) is 19.5. The Hall–Kier alpha value is -3.01. The zero-order valence-corrected chi connectivity index (χ0v) is 44.0. The molecule has 9 nitrogen and oxygen atoms in total. The molecule has 0 aliphatic heterocycles. The van der Waals surface area contributed by atoms with Crippen molar-refractivity contribution in [2.45, 2.75) is 245 Å². The van der Waals surface area contributed by atoms with Crippen LogP contribution in [0.3, 0.4) is 0 Å². The van der Waals surface area contributed by atoms with Crippen LogP contribution in [0, 0.1) is 0 Å². The molecule has 0 aromatic carbocycles. The molecule has 0 spiro atoms. The van der Waals surface area contributed by atoms with E-state index in [1.807, 2.05) is 21.1 Å². The van der Waals surface area contributed by atoms with Gasteiger partial charge in [-0.2, -0.15) is 0 Å². The third kappa shape index (κ3) is 50.7. The van der Waals surface area contributed by atoms with Gasteiger partial charge in [-0.25, -0.2) is 0 Å². The highest BCUT2D eigenvalue weighted by molar-refractivity contribution is 5.70. The molecule has 0 aromatic rings. The predicted octanol–water partition coefficient (Wildman–Crippen LogP) is 14.3. The fourth-order valence-corrected chi connectivity index (χ4v) is 7.57. The fraction of sp³-hybridized carbons (Fsp3) is 0.776. The summed E-state index contributed by atoms with van der Waals surface area (Å²) in [6.45, 7) is 4.58. The van der Waals surface area contributed by atoms with Gasteiger partial charge in [0.25, 0.3) is 0 Å². The predicted molar refractivity (Wildman–Crippen MR) is 278 cm³/mol. The topological polar surface area (TPSA) is 111 Å². The molecule has 0 aliphatic rings. The van der Waals surface area contributed by atoms with Crippen molar-refractivity contribution in [1.29, 1.82) is 0 Å². The van der Waals surface area contributed by atoms with E-state index in [1.165, 1.54) is 141 Å². The molecule has 0 heterocycles. The number of rotatable bonds is 50. The number of quaternary nitrogens is 1. The Morgan fingerprint density at radius 2 is 0.851 bits per heavy atom. The van der Waals surface area contributed by atoms with E-state index in [1.54, 1.807) is 0 Å². The van der Waals surface area contributed by atoms with Gasteiger partial charge in [0.1, 0.15) is 13.2 Å². The smallest absolute Gasteiger partial charge is 0.306 e. The molecule has 0 bridgehead atoms. The van der Waals surface area contributed by atoms with Crippen molar-refractivity contribution in [3.8, 4) is 0 Å². The molecule has 0 fully saturated rings. The van der Waals surface area contributed by atoms with Crippen LogP contribution in [0.5, 0.6) is 0 Å². The first-order valence-electron chi connectivity index (χ1n) is 27.4. The van der Waals surface area contributed by atoms with E-state index < -0.39 is 24.3 Å². The normalized spacial score (nSPS) is 13.3. The van der Waals surface area contributed by atoms with Crippen molar-refractivity contribution in [1.82, 2.24) is 0 Å². The molecule has 2 atom stereocenters. The summed E-state index contributed by atoms with van der Waals surface area (Å²) in [4.78, 5) is 37.2. The molecule has 2 unspecified atom stereocenters. The number of carbonyl (C=O) groups excluding carboxylic acids is 3. The van der Waals surface area contributed by atoms with Crippen molar-refractivity contribution in [3.63, 3.8) is 0 Å². The summed E-state index contributed by atoms with van der Waals surface area (Å²) < 4.78 is 22.6. The van der Waals surface area contributed by atoms with E-state index >= 15 is 0 Å². The minimum atomic E-state index is -1.64. The summed E-state index contributed by atoms with van der Waals surface area (Å²) in [7, 11) is 5.90. The van der Waals surface area contributed by atoms with Gasteiger partial charge in [-0.05, 0) is 51.4 Å². The Balaban J connectivity index is 4.28. The minimum Gasteiger partial charge on any atom is -0.545 e. The van der Waals surface area contributed by atoms with Crippen LogP contribution in [-0.2, 0) is 33.3 Å². The molecule has 9 heteroatoms. The van der Waals surface area contributed by atoms with Gasteiger partial charge in [0.05, 0.1) is 40.3 Å². The number of carbonyl (C=O) groups is 3. The maximum atomic E-state index is 12.8. The van der Waals surface area contributed by atoms with E-state index in [9.17, 15) is 19.5 Å². The molecular weight excluding hydrogens is 839 g/mol. The first-order valence-corrected chi connectivity index (χ1v) is 27.4. The highest BCUT2D eigenvalue weighted by Gasteiger charge is 2.21. The molecule has 0 aromatic heterocycles. The van der Waals surface area contributed by atoms with Crippen molar-refractivity contribution < 1.29 is 42.9 Å². The molecule has 0 aliphatic carbocycles. The van der Waals surface area contributed by atoms with Gasteiger partial charge >= 0.3 is 11.9 Å². The van der Waals surface area contributed by atoms with Gasteiger partial charge in [0, 0.05) is 12.8 Å². The number of likely N-dealkylation sites (N-methyl/N-ethyl adjacent to an activating group) is 1. The molecule has 0 amide bonds. The second-order valence-electron chi connectivity index (χ2n) is 19.5. The highest BCUT2D eigenvalue weighted by atomic mass is 16.7. The number of carboxylic acid groups (broad SMARTS) is 1. The quantitative estimate of drug-likeness (QED) is 0.0195. The Morgan fingerprint density at radius 1 is 0.463 bits per heavy atom. The van der Waals surface area contributed by atoms with Crippen LogP contribution in [0.1, 0.15) is 232 Å². The third-order valence-corrected chi connectivity index (χ3v) is 11.8. The summed E-state index contributed by atoms with van der Waals surface area (Å²) in [6, 6.07) is 0. The van der Waals surface area contributed by atoms with Crippen molar-refractivity contribution in [2.24, 2.45) is 0 Å². The summed E-state index contributed by atoms with van der Waals surface area (Å²) in [6.07, 6.45) is 58.6. The summed E-state index contributed by atoms with van der Waals surface area (Å²) in [5.74, 6) is -2.36. The number of nitrogens with zero attached hydrogens (tertiary/aromatic N) is 1. The number of esters is 2. The number of hydrogen-bond acceptors (Lipinski definition) is 8. The summed E-state index contributed by atoms with van der Waals surface area (Å²) in [5.41, 5.74) is 0. The van der Waals surface area contributed by atoms with Crippen LogP contribution < -0.4 is 5.11 Å². The largest absolute Gasteiger partial charge is 0.545 e. The fourth-order valence-electron chi connectivity index (χ4n) is 7.57. The number of aliphatic carboxylic acids is 1. The Kier molecular flexibility index (Phi) is 47.2. The Labute approximate surface area is 412 Å². The van der Waals surface area contributed by atoms with Gasteiger partial charge in [-0.15, -0.1) is 0 Å². The molecule has 0 rings (SSSR count). The van der Waals surface area contributed by atoms with Crippen LogP contribution >= 0.6 is 0 Å². The summed E-state index contributed by atoms with van der Waals surface area (Å²) in [5, 5.41) is 11.7. The first-order chi connectivity index (χ1) is 32.6. The van der Waals surface area contributed by atoms with Crippen molar-refractivity contribution >= 4 is 17.9 Å². The number of ether oxygens (including phenoxy) is 4. The Bertz CT molecular complexity index is 1280. The first kappa shape index (κ1) is 64.0. The second kappa shape index (κ2) is 49.4. The van der Waals surface area contributed by atoms with Crippen LogP contribution in [0.15, 0.2) is 60.8 Å². The van der Waals surface area contributed by atoms with Crippen LogP contribution in [0.25, 0.3) is 0 Å². The van der Waals surface area contributed by atoms with E-state index in [4.69, 9.17) is 18.9 Å². The van der Waals surface area contributed by atoms with Crippen LogP contribution in [0.4, 0.5) is 0 Å². The van der Waals surface area contributed by atoms with Crippen molar-refractivity contribution in [2.75, 3.05) is 47.5 Å². The number of hydrogen-bond donors (Lipinski definition) is 0. The average molecular weight is 942 g/mol. The van der Waals surface area contributed by atoms with Crippen molar-refractivity contribution in [3.05, 3.63) is 60.8 Å². The maximum Gasteiger partial charge on any atom is 0.306 e. The van der Waals surface area contributed by atoms with Gasteiger partial charge < -0.3 is 33.3 Å². The third-order valence-electron chi connectivity index (χ3n) is 11.8. The molecule has 388 valence electrons. The molecule has 0 N–H and O–H groups in total. The van der Waals surface area contributed by atoms with Gasteiger partial charge in [-0.1, -0.05) is 229 Å². The lowest BCUT2D eigenvalue weighted by atomic mass is 10.0. The lowest BCUT2D eigenvalue weighted by Crippen LogP contribution is -2.44. The molecule has 0 saturated carbocycles. The Morgan fingerprint density at radius 3 is 1.25 bits per heavy atom. The zero-order valence-electron chi connectivity index (χ0n) is 44.0. The van der Waals surface area contributed by atoms with E-state index in [0.29, 0.717) is 23.9 Å². The zero-order chi connectivity index (χ0) is 49.2. The van der Waals surface area contributed by atoms with Gasteiger partial charge in [0.2, 0.25) is 0 Å². The lowest BCUT2D eigenvalue weighted by Gasteiger charge is -2.26. The number of carboxylic acids is 1. The van der Waals surface area contributed by atoms with E-state index in [0.717, 1.165) is 51.4 Å². The monoisotopic (exact) mass is 942 g/mol. The lowest BCUT2D eigenvalue weighted by molar-refractivity contribution is -0.870. The molecule has 0 saturated heterocycles. The molecular formula is C58H103NO8. The number of allylic oxidation sites excluding steroid dienone is 10. The summed E-state index contributed by atoms with van der Waals surface area (Å²) >= 11 is 0. The maximum absolute atomic E-state index is 12.8. The highest BCUT2D eigenvalue weighted by Crippen LogP contribution is 2.16. The molecule has 67 heavy (non-hydrogen) atoms. The number of unbranched alkanes of at least 4 members (excludes halogenated alkanes) is 25.